The molecule has 0 aliphatic carbocycles. The van der Waals surface area contributed by atoms with Crippen LogP contribution in [0.2, 0.25) is 0 Å². The molecule has 0 saturated heterocycles. The van der Waals surface area contributed by atoms with Gasteiger partial charge in [-0.2, -0.15) is 0 Å². The lowest BCUT2D eigenvalue weighted by Gasteiger charge is -2.15. The first-order valence-electron chi connectivity index (χ1n) is 5.99. The molecule has 0 aliphatic rings. The molecule has 94 valence electrons. The van der Waals surface area contributed by atoms with E-state index in [1.165, 1.54) is 12.1 Å². The van der Waals surface area contributed by atoms with E-state index >= 15 is 0 Å². The van der Waals surface area contributed by atoms with Gasteiger partial charge in [-0.25, -0.2) is 4.39 Å². The van der Waals surface area contributed by atoms with Gasteiger partial charge in [0.2, 0.25) is 0 Å². The Morgan fingerprint density at radius 3 is 2.39 bits per heavy atom. The Labute approximate surface area is 106 Å². The van der Waals surface area contributed by atoms with Gasteiger partial charge >= 0.3 is 0 Å². The maximum atomic E-state index is 12.9. The van der Waals surface area contributed by atoms with Crippen molar-refractivity contribution in [3.05, 3.63) is 65.5 Å². The minimum atomic E-state index is -0.224. The van der Waals surface area contributed by atoms with Crippen molar-refractivity contribution in [3.8, 4) is 0 Å². The summed E-state index contributed by atoms with van der Waals surface area (Å²) in [5.41, 5.74) is 14.5. The fraction of sp³-hybridized carbons (Fsp3) is 0.200. The van der Waals surface area contributed by atoms with Crippen LogP contribution in [-0.2, 0) is 6.42 Å². The second-order valence-corrected chi connectivity index (χ2v) is 4.43. The van der Waals surface area contributed by atoms with E-state index in [0.29, 0.717) is 6.54 Å². The molecule has 0 amide bonds. The molecule has 0 fully saturated rings. The van der Waals surface area contributed by atoms with E-state index in [4.69, 9.17) is 11.5 Å². The first-order valence-corrected chi connectivity index (χ1v) is 5.99. The van der Waals surface area contributed by atoms with Crippen molar-refractivity contribution in [2.75, 3.05) is 12.3 Å². The number of benzene rings is 2. The van der Waals surface area contributed by atoms with Crippen molar-refractivity contribution in [2.45, 2.75) is 12.3 Å². The Bertz CT molecular complexity index is 508. The molecule has 2 aromatic carbocycles. The smallest absolute Gasteiger partial charge is 0.123 e. The second-order valence-electron chi connectivity index (χ2n) is 4.43. The topological polar surface area (TPSA) is 52.0 Å². The van der Waals surface area contributed by atoms with Gasteiger partial charge in [0.1, 0.15) is 5.82 Å². The summed E-state index contributed by atoms with van der Waals surface area (Å²) in [6, 6.07) is 14.3. The van der Waals surface area contributed by atoms with Crippen LogP contribution in [0.25, 0.3) is 0 Å². The van der Waals surface area contributed by atoms with Crippen LogP contribution in [0.3, 0.4) is 0 Å². The zero-order valence-corrected chi connectivity index (χ0v) is 10.1. The third-order valence-corrected chi connectivity index (χ3v) is 3.06. The molecule has 0 aliphatic heterocycles. The maximum absolute atomic E-state index is 12.9. The first kappa shape index (κ1) is 12.6. The molecule has 2 aromatic rings. The number of rotatable bonds is 4. The van der Waals surface area contributed by atoms with Crippen LogP contribution in [0.15, 0.2) is 48.5 Å². The van der Waals surface area contributed by atoms with Gasteiger partial charge in [0.15, 0.2) is 0 Å². The highest BCUT2D eigenvalue weighted by atomic mass is 19.1. The Balaban J connectivity index is 2.17. The second kappa shape index (κ2) is 5.65. The number of anilines is 1. The summed E-state index contributed by atoms with van der Waals surface area (Å²) in [5.74, 6) is -0.0362. The minimum absolute atomic E-state index is 0.187. The monoisotopic (exact) mass is 244 g/mol. The minimum Gasteiger partial charge on any atom is -0.399 e. The van der Waals surface area contributed by atoms with E-state index in [1.54, 1.807) is 12.1 Å². The van der Waals surface area contributed by atoms with Crippen LogP contribution in [0.5, 0.6) is 0 Å². The summed E-state index contributed by atoms with van der Waals surface area (Å²) < 4.78 is 12.9. The molecule has 18 heavy (non-hydrogen) atoms. The third-order valence-electron chi connectivity index (χ3n) is 3.06. The van der Waals surface area contributed by atoms with Crippen molar-refractivity contribution in [2.24, 2.45) is 5.73 Å². The standard InChI is InChI=1S/C15H17FN2/c16-14-6-4-12(5-7-14)13(10-17)8-11-2-1-3-15(18)9-11/h1-7,9,13H,8,10,17-18H2. The fourth-order valence-electron chi connectivity index (χ4n) is 2.08. The highest BCUT2D eigenvalue weighted by Gasteiger charge is 2.10. The van der Waals surface area contributed by atoms with Gasteiger partial charge in [0.05, 0.1) is 0 Å². The van der Waals surface area contributed by atoms with Gasteiger partial charge < -0.3 is 11.5 Å². The molecule has 1 atom stereocenters. The van der Waals surface area contributed by atoms with E-state index in [1.807, 2.05) is 24.3 Å². The predicted molar refractivity (Wildman–Crippen MR) is 72.8 cm³/mol. The molecule has 0 heterocycles. The molecule has 4 N–H and O–H groups in total. The van der Waals surface area contributed by atoms with E-state index in [9.17, 15) is 4.39 Å². The highest BCUT2D eigenvalue weighted by molar-refractivity contribution is 5.41. The maximum Gasteiger partial charge on any atom is 0.123 e. The Morgan fingerprint density at radius 1 is 1.06 bits per heavy atom. The van der Waals surface area contributed by atoms with Gasteiger partial charge in [0, 0.05) is 11.6 Å². The van der Waals surface area contributed by atoms with E-state index in [-0.39, 0.29) is 11.7 Å². The van der Waals surface area contributed by atoms with Crippen LogP contribution in [-0.4, -0.2) is 6.54 Å². The zero-order chi connectivity index (χ0) is 13.0. The Kier molecular flexibility index (Phi) is 3.95. The SMILES string of the molecule is NCC(Cc1cccc(N)c1)c1ccc(F)cc1. The van der Waals surface area contributed by atoms with Gasteiger partial charge in [0.25, 0.3) is 0 Å². The van der Waals surface area contributed by atoms with Gasteiger partial charge in [-0.1, -0.05) is 24.3 Å². The average Bonchev–Trinajstić information content (AvgIpc) is 2.37. The van der Waals surface area contributed by atoms with Crippen LogP contribution >= 0.6 is 0 Å². The molecule has 0 spiro atoms. The lowest BCUT2D eigenvalue weighted by Crippen LogP contribution is -2.15. The van der Waals surface area contributed by atoms with Gasteiger partial charge in [-0.15, -0.1) is 0 Å². The van der Waals surface area contributed by atoms with E-state index in [2.05, 4.69) is 0 Å². The first-order chi connectivity index (χ1) is 8.69. The molecule has 2 nitrogen and oxygen atoms in total. The molecule has 3 heteroatoms. The summed E-state index contributed by atoms with van der Waals surface area (Å²) in [6.07, 6.45) is 0.813. The van der Waals surface area contributed by atoms with Crippen LogP contribution in [0, 0.1) is 5.82 Å². The molecule has 0 radical (unpaired) electrons. The number of halogens is 1. The molecule has 0 bridgehead atoms. The molecule has 0 saturated carbocycles. The van der Waals surface area contributed by atoms with Crippen LogP contribution in [0.4, 0.5) is 10.1 Å². The van der Waals surface area contributed by atoms with Gasteiger partial charge in [-0.3, -0.25) is 0 Å². The molecule has 2 rings (SSSR count). The van der Waals surface area contributed by atoms with E-state index in [0.717, 1.165) is 23.2 Å². The molecular formula is C15H17FN2. The molecule has 0 aromatic heterocycles. The normalized spacial score (nSPS) is 12.3. The average molecular weight is 244 g/mol. The quantitative estimate of drug-likeness (QED) is 0.812. The number of nitrogen functional groups attached to an aromatic ring is 1. The third kappa shape index (κ3) is 3.08. The van der Waals surface area contributed by atoms with Crippen molar-refractivity contribution < 1.29 is 4.39 Å². The fourth-order valence-corrected chi connectivity index (χ4v) is 2.08. The van der Waals surface area contributed by atoms with Crippen LogP contribution in [0.1, 0.15) is 17.0 Å². The molecule has 1 unspecified atom stereocenters. The largest absolute Gasteiger partial charge is 0.399 e. The van der Waals surface area contributed by atoms with Crippen molar-refractivity contribution in [1.82, 2.24) is 0 Å². The predicted octanol–water partition coefficient (Wildman–Crippen LogP) is 2.69. The zero-order valence-electron chi connectivity index (χ0n) is 10.1. The summed E-state index contributed by atoms with van der Waals surface area (Å²) in [7, 11) is 0. The summed E-state index contributed by atoms with van der Waals surface area (Å²) in [6.45, 7) is 0.528. The lowest BCUT2D eigenvalue weighted by atomic mass is 9.92. The number of nitrogens with two attached hydrogens (primary N) is 2. The highest BCUT2D eigenvalue weighted by Crippen LogP contribution is 2.21. The van der Waals surface area contributed by atoms with Crippen molar-refractivity contribution in [3.63, 3.8) is 0 Å². The lowest BCUT2D eigenvalue weighted by molar-refractivity contribution is 0.623. The summed E-state index contributed by atoms with van der Waals surface area (Å²) >= 11 is 0. The van der Waals surface area contributed by atoms with Crippen molar-refractivity contribution in [1.29, 1.82) is 0 Å². The summed E-state index contributed by atoms with van der Waals surface area (Å²) in [4.78, 5) is 0. The number of hydrogen-bond acceptors (Lipinski definition) is 2. The van der Waals surface area contributed by atoms with Crippen LogP contribution < -0.4 is 11.5 Å². The molecular weight excluding hydrogens is 227 g/mol. The van der Waals surface area contributed by atoms with Crippen molar-refractivity contribution >= 4 is 5.69 Å². The summed E-state index contributed by atoms with van der Waals surface area (Å²) in [5, 5.41) is 0. The van der Waals surface area contributed by atoms with E-state index < -0.39 is 0 Å². The van der Waals surface area contributed by atoms with Gasteiger partial charge in [-0.05, 0) is 48.4 Å². The number of hydrogen-bond donors (Lipinski definition) is 2. The Hall–Kier alpha value is -1.87. The Morgan fingerprint density at radius 2 is 1.78 bits per heavy atom.